The summed E-state index contributed by atoms with van der Waals surface area (Å²) < 4.78 is 0. The molecule has 0 aliphatic rings. The van der Waals surface area contributed by atoms with Crippen LogP contribution in [0, 0.1) is 27.7 Å². The monoisotopic (exact) mass is 345 g/mol. The molecule has 1 heterocycles. The van der Waals surface area contributed by atoms with Crippen molar-refractivity contribution in [1.29, 1.82) is 0 Å². The van der Waals surface area contributed by atoms with Crippen molar-refractivity contribution in [3.63, 3.8) is 0 Å². The second-order valence-corrected chi connectivity index (χ2v) is 6.60. The van der Waals surface area contributed by atoms with E-state index in [1.807, 2.05) is 43.3 Å². The van der Waals surface area contributed by atoms with E-state index in [0.29, 0.717) is 11.3 Å². The van der Waals surface area contributed by atoms with Gasteiger partial charge in [-0.3, -0.25) is 4.79 Å². The summed E-state index contributed by atoms with van der Waals surface area (Å²) in [6.07, 6.45) is 1.66. The molecule has 0 bridgehead atoms. The number of hydrogen-bond donors (Lipinski definition) is 2. The van der Waals surface area contributed by atoms with Crippen LogP contribution in [0.5, 0.6) is 0 Å². The Labute approximate surface area is 154 Å². The van der Waals surface area contributed by atoms with Crippen molar-refractivity contribution in [3.05, 3.63) is 82.5 Å². The third-order valence-corrected chi connectivity index (χ3v) is 4.34. The van der Waals surface area contributed by atoms with Gasteiger partial charge in [0, 0.05) is 11.3 Å². The minimum atomic E-state index is -0.129. The Morgan fingerprint density at radius 1 is 0.885 bits per heavy atom. The highest BCUT2D eigenvalue weighted by Crippen LogP contribution is 2.25. The molecule has 26 heavy (non-hydrogen) atoms. The lowest BCUT2D eigenvalue weighted by molar-refractivity contribution is 0.102. The van der Waals surface area contributed by atoms with Gasteiger partial charge in [-0.15, -0.1) is 0 Å². The molecule has 4 heteroatoms. The number of benzene rings is 2. The number of carbonyl (C=O) groups excluding carboxylic acids is 1. The predicted octanol–water partition coefficient (Wildman–Crippen LogP) is 5.31. The summed E-state index contributed by atoms with van der Waals surface area (Å²) in [7, 11) is 0. The quantitative estimate of drug-likeness (QED) is 0.673. The number of pyridine rings is 1. The van der Waals surface area contributed by atoms with Gasteiger partial charge in [-0.1, -0.05) is 35.9 Å². The minimum absolute atomic E-state index is 0.129. The molecule has 0 radical (unpaired) electrons. The Morgan fingerprint density at radius 2 is 1.58 bits per heavy atom. The van der Waals surface area contributed by atoms with Gasteiger partial charge in [0.2, 0.25) is 0 Å². The van der Waals surface area contributed by atoms with Gasteiger partial charge in [0.1, 0.15) is 5.82 Å². The predicted molar refractivity (Wildman–Crippen MR) is 107 cm³/mol. The fourth-order valence-electron chi connectivity index (χ4n) is 3.07. The zero-order chi connectivity index (χ0) is 18.7. The highest BCUT2D eigenvalue weighted by atomic mass is 16.1. The molecule has 2 N–H and O–H groups in total. The van der Waals surface area contributed by atoms with E-state index in [4.69, 9.17) is 0 Å². The van der Waals surface area contributed by atoms with Gasteiger partial charge in [0.25, 0.3) is 5.91 Å². The number of aromatic nitrogens is 1. The minimum Gasteiger partial charge on any atom is -0.340 e. The van der Waals surface area contributed by atoms with Gasteiger partial charge in [0.05, 0.1) is 11.9 Å². The van der Waals surface area contributed by atoms with Crippen LogP contribution < -0.4 is 10.6 Å². The first kappa shape index (κ1) is 17.7. The smallest absolute Gasteiger partial charge is 0.255 e. The molecular weight excluding hydrogens is 322 g/mol. The van der Waals surface area contributed by atoms with Gasteiger partial charge in [-0.05, 0) is 62.6 Å². The number of nitrogens with zero attached hydrogens (tertiary/aromatic N) is 1. The number of aryl methyl sites for hydroxylation is 4. The van der Waals surface area contributed by atoms with Crippen LogP contribution in [0.15, 0.2) is 54.7 Å². The maximum absolute atomic E-state index is 12.4. The molecule has 0 saturated heterocycles. The topological polar surface area (TPSA) is 54.0 Å². The zero-order valence-corrected chi connectivity index (χ0v) is 15.6. The van der Waals surface area contributed by atoms with Crippen LogP contribution in [0.2, 0.25) is 0 Å². The Balaban J connectivity index is 1.73. The third kappa shape index (κ3) is 3.91. The zero-order valence-electron chi connectivity index (χ0n) is 15.6. The molecule has 1 amide bonds. The molecule has 3 rings (SSSR count). The maximum Gasteiger partial charge on any atom is 0.255 e. The second kappa shape index (κ2) is 7.40. The molecule has 0 unspecified atom stereocenters. The van der Waals surface area contributed by atoms with E-state index >= 15 is 0 Å². The van der Waals surface area contributed by atoms with Crippen LogP contribution in [0.3, 0.4) is 0 Å². The van der Waals surface area contributed by atoms with Crippen molar-refractivity contribution in [2.45, 2.75) is 27.7 Å². The van der Waals surface area contributed by atoms with Crippen LogP contribution in [-0.4, -0.2) is 10.9 Å². The summed E-state index contributed by atoms with van der Waals surface area (Å²) in [4.78, 5) is 16.8. The van der Waals surface area contributed by atoms with E-state index in [1.165, 1.54) is 16.7 Å². The number of carbonyl (C=O) groups is 1. The van der Waals surface area contributed by atoms with Crippen molar-refractivity contribution >= 4 is 23.1 Å². The molecule has 4 nitrogen and oxygen atoms in total. The average molecular weight is 345 g/mol. The standard InChI is InChI=1S/C22H23N3O/c1-14-11-16(3)21(17(4)12-14)25-20-10-9-18(13-23-20)24-22(26)19-8-6-5-7-15(19)2/h5-13H,1-4H3,(H,23,25)(H,24,26). The van der Waals surface area contributed by atoms with Crippen LogP contribution in [0.25, 0.3) is 0 Å². The van der Waals surface area contributed by atoms with Crippen molar-refractivity contribution in [2.24, 2.45) is 0 Å². The first-order valence-corrected chi connectivity index (χ1v) is 8.62. The molecule has 0 aliphatic carbocycles. The SMILES string of the molecule is Cc1cc(C)c(Nc2ccc(NC(=O)c3ccccc3C)cn2)c(C)c1. The first-order chi connectivity index (χ1) is 12.4. The summed E-state index contributed by atoms with van der Waals surface area (Å²) in [5.74, 6) is 0.616. The number of rotatable bonds is 4. The van der Waals surface area contributed by atoms with Gasteiger partial charge >= 0.3 is 0 Å². The number of hydrogen-bond acceptors (Lipinski definition) is 3. The van der Waals surface area contributed by atoms with Crippen molar-refractivity contribution in [1.82, 2.24) is 4.98 Å². The van der Waals surface area contributed by atoms with E-state index < -0.39 is 0 Å². The van der Waals surface area contributed by atoms with Gasteiger partial charge in [-0.25, -0.2) is 4.98 Å². The Kier molecular flexibility index (Phi) is 5.03. The average Bonchev–Trinajstić information content (AvgIpc) is 2.60. The van der Waals surface area contributed by atoms with E-state index in [0.717, 1.165) is 17.1 Å². The van der Waals surface area contributed by atoms with Gasteiger partial charge in [-0.2, -0.15) is 0 Å². The molecule has 2 aromatic carbocycles. The Bertz CT molecular complexity index is 923. The van der Waals surface area contributed by atoms with Crippen LogP contribution in [0.4, 0.5) is 17.2 Å². The fourth-order valence-corrected chi connectivity index (χ4v) is 3.07. The molecular formula is C22H23N3O. The molecule has 0 aliphatic heterocycles. The number of anilines is 3. The third-order valence-electron chi connectivity index (χ3n) is 4.34. The summed E-state index contributed by atoms with van der Waals surface area (Å²) in [5, 5.41) is 6.26. The first-order valence-electron chi connectivity index (χ1n) is 8.62. The summed E-state index contributed by atoms with van der Waals surface area (Å²) >= 11 is 0. The molecule has 1 aromatic heterocycles. The Morgan fingerprint density at radius 3 is 2.19 bits per heavy atom. The van der Waals surface area contributed by atoms with E-state index in [1.54, 1.807) is 6.20 Å². The number of nitrogens with one attached hydrogen (secondary N) is 2. The van der Waals surface area contributed by atoms with Crippen LogP contribution >= 0.6 is 0 Å². The largest absolute Gasteiger partial charge is 0.340 e. The molecule has 3 aromatic rings. The lowest BCUT2D eigenvalue weighted by Crippen LogP contribution is -2.13. The van der Waals surface area contributed by atoms with E-state index in [9.17, 15) is 4.79 Å². The Hall–Kier alpha value is -3.14. The normalized spacial score (nSPS) is 10.5. The van der Waals surface area contributed by atoms with E-state index in [2.05, 4.69) is 48.5 Å². The van der Waals surface area contributed by atoms with Crippen molar-refractivity contribution in [2.75, 3.05) is 10.6 Å². The van der Waals surface area contributed by atoms with Crippen LogP contribution in [0.1, 0.15) is 32.6 Å². The maximum atomic E-state index is 12.4. The summed E-state index contributed by atoms with van der Waals surface area (Å²) in [5.41, 5.74) is 6.96. The fraction of sp³-hybridized carbons (Fsp3) is 0.182. The van der Waals surface area contributed by atoms with Crippen LogP contribution in [-0.2, 0) is 0 Å². The number of amides is 1. The van der Waals surface area contributed by atoms with Gasteiger partial charge < -0.3 is 10.6 Å². The van der Waals surface area contributed by atoms with E-state index in [-0.39, 0.29) is 5.91 Å². The molecule has 132 valence electrons. The molecule has 0 atom stereocenters. The highest BCUT2D eigenvalue weighted by molar-refractivity contribution is 6.05. The van der Waals surface area contributed by atoms with Gasteiger partial charge in [0.15, 0.2) is 0 Å². The lowest BCUT2D eigenvalue weighted by atomic mass is 10.1. The molecule has 0 fully saturated rings. The summed E-state index contributed by atoms with van der Waals surface area (Å²) in [6.45, 7) is 8.18. The lowest BCUT2D eigenvalue weighted by Gasteiger charge is -2.14. The molecule has 0 spiro atoms. The van der Waals surface area contributed by atoms with Crippen molar-refractivity contribution < 1.29 is 4.79 Å². The second-order valence-electron chi connectivity index (χ2n) is 6.60. The highest BCUT2D eigenvalue weighted by Gasteiger charge is 2.09. The van der Waals surface area contributed by atoms with Crippen molar-refractivity contribution in [3.8, 4) is 0 Å². The molecule has 0 saturated carbocycles. The summed E-state index contributed by atoms with van der Waals surface area (Å²) in [6, 6.07) is 15.5.